The van der Waals surface area contributed by atoms with Gasteiger partial charge in [0.2, 0.25) is 0 Å². The van der Waals surface area contributed by atoms with Crippen molar-refractivity contribution in [1.29, 1.82) is 0 Å². The van der Waals surface area contributed by atoms with E-state index in [2.05, 4.69) is 13.8 Å². The fraction of sp³-hybridized carbons (Fsp3) is 0.900. The maximum Gasteiger partial charge on any atom is 2.00 e. The molecular weight excluding hydrogens is 240 g/mol. The molecule has 76 valence electrons. The van der Waals surface area contributed by atoms with Gasteiger partial charge in [0.05, 0.1) is 0 Å². The molecule has 1 heterocycles. The zero-order valence-electron chi connectivity index (χ0n) is 8.86. The van der Waals surface area contributed by atoms with Crippen molar-refractivity contribution in [3.05, 3.63) is 6.92 Å². The topological polar surface area (TPSA) is 9.23 Å². The molecule has 0 aromatic rings. The Labute approximate surface area is 110 Å². The summed E-state index contributed by atoms with van der Waals surface area (Å²) in [4.78, 5) is 0. The van der Waals surface area contributed by atoms with E-state index in [1.54, 1.807) is 0 Å². The summed E-state index contributed by atoms with van der Waals surface area (Å²) >= 11 is 0. The molecular formula is C10H21BrMgO. The molecule has 0 bridgehead atoms. The van der Waals surface area contributed by atoms with E-state index < -0.39 is 0 Å². The molecule has 0 unspecified atom stereocenters. The zero-order chi connectivity index (χ0) is 8.36. The van der Waals surface area contributed by atoms with Crippen molar-refractivity contribution >= 4 is 23.1 Å². The molecule has 0 aromatic carbocycles. The largest absolute Gasteiger partial charge is 2.00 e. The minimum atomic E-state index is 0. The molecule has 1 aliphatic rings. The Hall–Kier alpha value is 1.21. The Morgan fingerprint density at radius 1 is 1.15 bits per heavy atom. The van der Waals surface area contributed by atoms with Gasteiger partial charge < -0.3 is 28.6 Å². The molecule has 0 aromatic heterocycles. The van der Waals surface area contributed by atoms with Crippen molar-refractivity contribution < 1.29 is 21.7 Å². The number of hydrogen-bond acceptors (Lipinski definition) is 1. The number of rotatable bonds is 3. The number of hydrogen-bond donors (Lipinski definition) is 0. The minimum absolute atomic E-state index is 0. The van der Waals surface area contributed by atoms with E-state index in [4.69, 9.17) is 4.74 Å². The van der Waals surface area contributed by atoms with Gasteiger partial charge in [0, 0.05) is 13.2 Å². The average Bonchev–Trinajstić information content (AvgIpc) is 2.57. The Morgan fingerprint density at radius 3 is 1.85 bits per heavy atom. The van der Waals surface area contributed by atoms with Crippen molar-refractivity contribution in [2.75, 3.05) is 13.2 Å². The number of ether oxygens (including phenoxy) is 1. The Bertz CT molecular complexity index is 56.3. The summed E-state index contributed by atoms with van der Waals surface area (Å²) in [6.07, 6.45) is 7.63. The molecule has 0 spiro atoms. The standard InChI is InChI=1S/C6H13.C4H8O.BrH.Mg/c1-3-5-6-4-2;1-2-4-5-3-1;;/h1,3-6H2,2H3;1-4H2;1H;/q-1;;;+2/p-1. The monoisotopic (exact) mass is 260 g/mol. The molecule has 0 saturated carbocycles. The van der Waals surface area contributed by atoms with Crippen LogP contribution in [0.1, 0.15) is 45.4 Å². The second kappa shape index (κ2) is 18.9. The summed E-state index contributed by atoms with van der Waals surface area (Å²) in [5.74, 6) is 0. The van der Waals surface area contributed by atoms with Gasteiger partial charge >= 0.3 is 23.1 Å². The van der Waals surface area contributed by atoms with Crippen LogP contribution in [-0.2, 0) is 4.74 Å². The zero-order valence-corrected chi connectivity index (χ0v) is 11.9. The number of unbranched alkanes of at least 4 members (excludes halogenated alkanes) is 3. The van der Waals surface area contributed by atoms with Crippen LogP contribution < -0.4 is 17.0 Å². The van der Waals surface area contributed by atoms with Gasteiger partial charge in [-0.05, 0) is 12.8 Å². The summed E-state index contributed by atoms with van der Waals surface area (Å²) in [6, 6.07) is 0. The average molecular weight is 261 g/mol. The number of halogens is 1. The molecule has 0 radical (unpaired) electrons. The van der Waals surface area contributed by atoms with E-state index >= 15 is 0 Å². The van der Waals surface area contributed by atoms with Gasteiger partial charge in [0.25, 0.3) is 0 Å². The van der Waals surface area contributed by atoms with Crippen LogP contribution in [0.25, 0.3) is 0 Å². The van der Waals surface area contributed by atoms with Gasteiger partial charge in [0.15, 0.2) is 0 Å². The summed E-state index contributed by atoms with van der Waals surface area (Å²) in [5.41, 5.74) is 0. The normalized spacial score (nSPS) is 13.4. The van der Waals surface area contributed by atoms with Gasteiger partial charge in [0.1, 0.15) is 0 Å². The first-order valence-electron chi connectivity index (χ1n) is 4.78. The Balaban J connectivity index is -0.000000134. The Morgan fingerprint density at radius 2 is 1.69 bits per heavy atom. The summed E-state index contributed by atoms with van der Waals surface area (Å²) in [5, 5.41) is 0. The third-order valence-corrected chi connectivity index (χ3v) is 1.68. The first-order chi connectivity index (χ1) is 5.41. The van der Waals surface area contributed by atoms with Crippen molar-refractivity contribution in [3.8, 4) is 0 Å². The summed E-state index contributed by atoms with van der Waals surface area (Å²) in [7, 11) is 0. The maximum atomic E-state index is 4.94. The molecule has 1 saturated heterocycles. The van der Waals surface area contributed by atoms with Crippen LogP contribution >= 0.6 is 0 Å². The molecule has 0 N–H and O–H groups in total. The minimum Gasteiger partial charge on any atom is -1.00 e. The molecule has 0 amide bonds. The van der Waals surface area contributed by atoms with Gasteiger partial charge in [-0.2, -0.15) is 6.42 Å². The van der Waals surface area contributed by atoms with Crippen LogP contribution in [0.15, 0.2) is 0 Å². The molecule has 0 atom stereocenters. The molecule has 1 aliphatic heterocycles. The van der Waals surface area contributed by atoms with E-state index in [0.717, 1.165) is 19.6 Å². The van der Waals surface area contributed by atoms with Gasteiger partial charge in [-0.3, -0.25) is 0 Å². The van der Waals surface area contributed by atoms with Gasteiger partial charge in [-0.1, -0.05) is 26.2 Å². The smallest absolute Gasteiger partial charge is 1.00 e. The molecule has 3 heteroatoms. The predicted octanol–water partition coefficient (Wildman–Crippen LogP) is -0.179. The van der Waals surface area contributed by atoms with E-state index in [1.807, 2.05) is 0 Å². The van der Waals surface area contributed by atoms with E-state index in [0.29, 0.717) is 0 Å². The fourth-order valence-electron chi connectivity index (χ4n) is 0.937. The summed E-state index contributed by atoms with van der Waals surface area (Å²) < 4.78 is 4.94. The fourth-order valence-corrected chi connectivity index (χ4v) is 0.937. The van der Waals surface area contributed by atoms with Crippen LogP contribution in [-0.4, -0.2) is 36.3 Å². The first-order valence-corrected chi connectivity index (χ1v) is 4.78. The predicted molar refractivity (Wildman–Crippen MR) is 55.3 cm³/mol. The molecule has 1 nitrogen and oxygen atoms in total. The van der Waals surface area contributed by atoms with Gasteiger partial charge in [-0.25, -0.2) is 0 Å². The third kappa shape index (κ3) is 19.6. The van der Waals surface area contributed by atoms with Crippen LogP contribution in [0, 0.1) is 6.92 Å². The van der Waals surface area contributed by atoms with Crippen molar-refractivity contribution in [2.45, 2.75) is 45.4 Å². The summed E-state index contributed by atoms with van der Waals surface area (Å²) in [6.45, 7) is 7.93. The van der Waals surface area contributed by atoms with Gasteiger partial charge in [-0.15, -0.1) is 0 Å². The van der Waals surface area contributed by atoms with E-state index in [9.17, 15) is 0 Å². The van der Waals surface area contributed by atoms with E-state index in [-0.39, 0.29) is 40.0 Å². The van der Waals surface area contributed by atoms with Crippen LogP contribution in [0.2, 0.25) is 0 Å². The van der Waals surface area contributed by atoms with Crippen molar-refractivity contribution in [3.63, 3.8) is 0 Å². The molecule has 1 fully saturated rings. The van der Waals surface area contributed by atoms with Crippen LogP contribution in [0.5, 0.6) is 0 Å². The van der Waals surface area contributed by atoms with E-state index in [1.165, 1.54) is 32.1 Å². The second-order valence-electron chi connectivity index (χ2n) is 2.88. The van der Waals surface area contributed by atoms with Crippen molar-refractivity contribution in [1.82, 2.24) is 0 Å². The van der Waals surface area contributed by atoms with Crippen LogP contribution in [0.3, 0.4) is 0 Å². The quantitative estimate of drug-likeness (QED) is 0.389. The molecule has 1 rings (SSSR count). The second-order valence-corrected chi connectivity index (χ2v) is 2.88. The Kier molecular flexibility index (Phi) is 28.7. The van der Waals surface area contributed by atoms with Crippen molar-refractivity contribution in [2.24, 2.45) is 0 Å². The molecule has 13 heavy (non-hydrogen) atoms. The first kappa shape index (κ1) is 19.7. The maximum absolute atomic E-state index is 4.94. The van der Waals surface area contributed by atoms with Crippen LogP contribution in [0.4, 0.5) is 0 Å². The SMILES string of the molecule is C1CCOC1.[Br-].[CH2-]CCCCC.[Mg+2]. The molecule has 0 aliphatic carbocycles. The third-order valence-electron chi connectivity index (χ3n) is 1.68.